The molecule has 0 saturated heterocycles. The van der Waals surface area contributed by atoms with Crippen LogP contribution in [0.15, 0.2) is 54.6 Å². The summed E-state index contributed by atoms with van der Waals surface area (Å²) in [6.07, 6.45) is 4.42. The van der Waals surface area contributed by atoms with Crippen molar-refractivity contribution in [3.63, 3.8) is 0 Å². The second-order valence-corrected chi connectivity index (χ2v) is 4.69. The molecule has 2 aliphatic rings. The number of nitrogens with one attached hydrogen (secondary N) is 1. The Morgan fingerprint density at radius 3 is 2.78 bits per heavy atom. The van der Waals surface area contributed by atoms with Crippen molar-refractivity contribution in [3.05, 3.63) is 65.7 Å². The summed E-state index contributed by atoms with van der Waals surface area (Å²) in [4.78, 5) is 0. The third-order valence-electron chi connectivity index (χ3n) is 3.57. The largest absolute Gasteiger partial charge is 0.481 e. The number of ether oxygens (including phenoxy) is 1. The molecule has 18 heavy (non-hydrogen) atoms. The maximum absolute atomic E-state index is 6.15. The highest BCUT2D eigenvalue weighted by Crippen LogP contribution is 2.40. The first-order chi connectivity index (χ1) is 8.92. The molecule has 0 amide bonds. The molecule has 2 aromatic carbocycles. The summed E-state index contributed by atoms with van der Waals surface area (Å²) >= 11 is 0. The van der Waals surface area contributed by atoms with E-state index in [-0.39, 0.29) is 12.1 Å². The zero-order valence-corrected chi connectivity index (χ0v) is 9.84. The number of rotatable bonds is 0. The van der Waals surface area contributed by atoms with Gasteiger partial charge in [0.15, 0.2) is 0 Å². The van der Waals surface area contributed by atoms with Crippen LogP contribution in [0.4, 0.5) is 5.69 Å². The number of anilines is 1. The van der Waals surface area contributed by atoms with Crippen LogP contribution in [-0.2, 0) is 0 Å². The SMILES string of the molecule is C1=CC2Nc3ccccc3OC2c2ccccc21. The van der Waals surface area contributed by atoms with Gasteiger partial charge in [-0.05, 0) is 17.7 Å². The number of fused-ring (bicyclic) bond motifs is 4. The van der Waals surface area contributed by atoms with Gasteiger partial charge in [0, 0.05) is 5.56 Å². The van der Waals surface area contributed by atoms with E-state index in [1.54, 1.807) is 0 Å². The van der Waals surface area contributed by atoms with Crippen LogP contribution in [0, 0.1) is 0 Å². The Hall–Kier alpha value is -2.22. The Labute approximate surface area is 106 Å². The normalized spacial score (nSPS) is 23.1. The summed E-state index contributed by atoms with van der Waals surface area (Å²) < 4.78 is 6.15. The van der Waals surface area contributed by atoms with E-state index in [9.17, 15) is 0 Å². The van der Waals surface area contributed by atoms with Crippen molar-refractivity contribution in [3.8, 4) is 5.75 Å². The molecular weight excluding hydrogens is 222 g/mol. The first-order valence-corrected chi connectivity index (χ1v) is 6.21. The van der Waals surface area contributed by atoms with Crippen molar-refractivity contribution in [2.45, 2.75) is 12.1 Å². The molecule has 1 N–H and O–H groups in total. The molecule has 1 aliphatic heterocycles. The lowest BCUT2D eigenvalue weighted by Crippen LogP contribution is -2.35. The predicted molar refractivity (Wildman–Crippen MR) is 72.7 cm³/mol. The zero-order valence-electron chi connectivity index (χ0n) is 9.84. The molecule has 4 rings (SSSR count). The predicted octanol–water partition coefficient (Wildman–Crippen LogP) is 3.63. The van der Waals surface area contributed by atoms with Gasteiger partial charge in [-0.25, -0.2) is 0 Å². The molecule has 2 aromatic rings. The molecular formula is C16H13NO. The summed E-state index contributed by atoms with van der Waals surface area (Å²) in [5.74, 6) is 0.934. The van der Waals surface area contributed by atoms with E-state index in [2.05, 4.69) is 47.8 Å². The van der Waals surface area contributed by atoms with Gasteiger partial charge in [-0.2, -0.15) is 0 Å². The fourth-order valence-corrected chi connectivity index (χ4v) is 2.69. The van der Waals surface area contributed by atoms with E-state index < -0.39 is 0 Å². The molecule has 0 saturated carbocycles. The molecule has 0 aromatic heterocycles. The number of benzene rings is 2. The van der Waals surface area contributed by atoms with Crippen LogP contribution in [-0.4, -0.2) is 6.04 Å². The summed E-state index contributed by atoms with van der Waals surface area (Å²) in [5, 5.41) is 3.53. The first kappa shape index (κ1) is 9.77. The standard InChI is InChI=1S/C16H13NO/c1-2-6-12-11(5-1)9-10-14-16(12)18-15-8-4-3-7-13(15)17-14/h1-10,14,16-17H. The van der Waals surface area contributed by atoms with E-state index in [0.717, 1.165) is 11.4 Å². The van der Waals surface area contributed by atoms with Crippen LogP contribution in [0.3, 0.4) is 0 Å². The highest BCUT2D eigenvalue weighted by molar-refractivity contribution is 5.65. The molecule has 2 heteroatoms. The second-order valence-electron chi connectivity index (χ2n) is 4.69. The third kappa shape index (κ3) is 1.35. The quantitative estimate of drug-likeness (QED) is 0.753. The van der Waals surface area contributed by atoms with Crippen LogP contribution in [0.5, 0.6) is 5.75 Å². The lowest BCUT2D eigenvalue weighted by Gasteiger charge is -2.36. The van der Waals surface area contributed by atoms with Gasteiger partial charge in [0.2, 0.25) is 0 Å². The number of hydrogen-bond donors (Lipinski definition) is 1. The molecule has 0 spiro atoms. The van der Waals surface area contributed by atoms with Crippen LogP contribution < -0.4 is 10.1 Å². The lowest BCUT2D eigenvalue weighted by molar-refractivity contribution is 0.186. The lowest BCUT2D eigenvalue weighted by atomic mass is 9.90. The second kappa shape index (κ2) is 3.64. The van der Waals surface area contributed by atoms with Crippen molar-refractivity contribution in [2.24, 2.45) is 0 Å². The van der Waals surface area contributed by atoms with Crippen LogP contribution >= 0.6 is 0 Å². The minimum atomic E-state index is 0.0705. The molecule has 88 valence electrons. The van der Waals surface area contributed by atoms with Gasteiger partial charge in [0.1, 0.15) is 11.9 Å². The highest BCUT2D eigenvalue weighted by Gasteiger charge is 2.32. The van der Waals surface area contributed by atoms with Crippen molar-refractivity contribution in [1.82, 2.24) is 0 Å². The van der Waals surface area contributed by atoms with Gasteiger partial charge in [0.25, 0.3) is 0 Å². The number of para-hydroxylation sites is 2. The molecule has 0 fully saturated rings. The molecule has 2 nitrogen and oxygen atoms in total. The van der Waals surface area contributed by atoms with Gasteiger partial charge in [-0.15, -0.1) is 0 Å². The van der Waals surface area contributed by atoms with E-state index in [1.807, 2.05) is 18.2 Å². The van der Waals surface area contributed by atoms with E-state index >= 15 is 0 Å². The van der Waals surface area contributed by atoms with E-state index in [1.165, 1.54) is 11.1 Å². The van der Waals surface area contributed by atoms with E-state index in [0.29, 0.717) is 0 Å². The minimum Gasteiger partial charge on any atom is -0.481 e. The van der Waals surface area contributed by atoms with Gasteiger partial charge in [-0.1, -0.05) is 48.6 Å². The Morgan fingerprint density at radius 2 is 1.78 bits per heavy atom. The molecule has 1 heterocycles. The minimum absolute atomic E-state index is 0.0705. The van der Waals surface area contributed by atoms with Crippen LogP contribution in [0.25, 0.3) is 6.08 Å². The third-order valence-corrected chi connectivity index (χ3v) is 3.57. The van der Waals surface area contributed by atoms with Gasteiger partial charge in [0.05, 0.1) is 11.7 Å². The van der Waals surface area contributed by atoms with Crippen molar-refractivity contribution in [2.75, 3.05) is 5.32 Å². The Kier molecular flexibility index (Phi) is 1.97. The van der Waals surface area contributed by atoms with Crippen LogP contribution in [0.1, 0.15) is 17.2 Å². The van der Waals surface area contributed by atoms with Gasteiger partial charge < -0.3 is 10.1 Å². The van der Waals surface area contributed by atoms with Crippen molar-refractivity contribution < 1.29 is 4.74 Å². The Bertz CT molecular complexity index is 632. The van der Waals surface area contributed by atoms with Gasteiger partial charge in [-0.3, -0.25) is 0 Å². The fraction of sp³-hybridized carbons (Fsp3) is 0.125. The molecule has 2 unspecified atom stereocenters. The van der Waals surface area contributed by atoms with Crippen molar-refractivity contribution in [1.29, 1.82) is 0 Å². The van der Waals surface area contributed by atoms with Crippen LogP contribution in [0.2, 0.25) is 0 Å². The maximum atomic E-state index is 6.15. The smallest absolute Gasteiger partial charge is 0.148 e. The zero-order chi connectivity index (χ0) is 11.9. The molecule has 1 aliphatic carbocycles. The first-order valence-electron chi connectivity index (χ1n) is 6.21. The Balaban J connectivity index is 1.82. The maximum Gasteiger partial charge on any atom is 0.148 e. The topological polar surface area (TPSA) is 21.3 Å². The number of hydrogen-bond acceptors (Lipinski definition) is 2. The monoisotopic (exact) mass is 235 g/mol. The highest BCUT2D eigenvalue weighted by atomic mass is 16.5. The summed E-state index contributed by atoms with van der Waals surface area (Å²) in [6.45, 7) is 0. The van der Waals surface area contributed by atoms with Gasteiger partial charge >= 0.3 is 0 Å². The molecule has 0 bridgehead atoms. The molecule has 0 radical (unpaired) electrons. The fourth-order valence-electron chi connectivity index (χ4n) is 2.69. The average molecular weight is 235 g/mol. The summed E-state index contributed by atoms with van der Waals surface area (Å²) in [5.41, 5.74) is 3.58. The summed E-state index contributed by atoms with van der Waals surface area (Å²) in [7, 11) is 0. The Morgan fingerprint density at radius 1 is 0.944 bits per heavy atom. The summed E-state index contributed by atoms with van der Waals surface area (Å²) in [6, 6.07) is 16.7. The van der Waals surface area contributed by atoms with E-state index in [4.69, 9.17) is 4.74 Å². The average Bonchev–Trinajstić information content (AvgIpc) is 2.45. The van der Waals surface area contributed by atoms with Crippen molar-refractivity contribution >= 4 is 11.8 Å². The molecule has 2 atom stereocenters.